The predicted molar refractivity (Wildman–Crippen MR) is 69.4 cm³/mol. The first kappa shape index (κ1) is 11.2. The van der Waals surface area contributed by atoms with Crippen LogP contribution in [0.15, 0.2) is 18.5 Å². The number of hydrogen-bond acceptors (Lipinski definition) is 3. The minimum atomic E-state index is -0.445. The molecular formula is C13H16N4O. The smallest absolute Gasteiger partial charge is 0.252 e. The van der Waals surface area contributed by atoms with Crippen LogP contribution >= 0.6 is 0 Å². The van der Waals surface area contributed by atoms with Gasteiger partial charge in [0.1, 0.15) is 0 Å². The molecule has 0 unspecified atom stereocenters. The summed E-state index contributed by atoms with van der Waals surface area (Å²) in [6.07, 6.45) is 3.41. The first-order valence-electron chi connectivity index (χ1n) is 6.15. The second kappa shape index (κ2) is 4.10. The number of rotatable bonds is 3. The van der Waals surface area contributed by atoms with E-state index >= 15 is 0 Å². The van der Waals surface area contributed by atoms with E-state index in [1.807, 2.05) is 12.3 Å². The number of nitrogens with zero attached hydrogens (tertiary/aromatic N) is 1. The van der Waals surface area contributed by atoms with Crippen LogP contribution in [0.5, 0.6) is 0 Å². The Morgan fingerprint density at radius 3 is 2.94 bits per heavy atom. The van der Waals surface area contributed by atoms with Crippen LogP contribution in [0.4, 0.5) is 0 Å². The maximum absolute atomic E-state index is 11.3. The second-order valence-corrected chi connectivity index (χ2v) is 4.89. The highest BCUT2D eigenvalue weighted by Crippen LogP contribution is 2.31. The van der Waals surface area contributed by atoms with Crippen LogP contribution in [-0.2, 0) is 0 Å². The highest BCUT2D eigenvalue weighted by molar-refractivity contribution is 6.05. The van der Waals surface area contributed by atoms with Gasteiger partial charge < -0.3 is 16.0 Å². The Labute approximate surface area is 105 Å². The van der Waals surface area contributed by atoms with Gasteiger partial charge in [0.25, 0.3) is 5.91 Å². The van der Waals surface area contributed by atoms with Crippen molar-refractivity contribution in [3.8, 4) is 0 Å². The van der Waals surface area contributed by atoms with E-state index in [9.17, 15) is 4.79 Å². The maximum Gasteiger partial charge on any atom is 0.252 e. The summed E-state index contributed by atoms with van der Waals surface area (Å²) in [6.45, 7) is 4.25. The monoisotopic (exact) mass is 244 g/mol. The zero-order chi connectivity index (χ0) is 12.7. The average Bonchev–Trinajstić information content (AvgIpc) is 2.73. The van der Waals surface area contributed by atoms with E-state index in [4.69, 9.17) is 5.73 Å². The summed E-state index contributed by atoms with van der Waals surface area (Å²) in [6, 6.07) is 1.96. The molecule has 3 rings (SSSR count). The highest BCUT2D eigenvalue weighted by Gasteiger charge is 2.27. The lowest BCUT2D eigenvalue weighted by atomic mass is 9.85. The summed E-state index contributed by atoms with van der Waals surface area (Å²) in [7, 11) is 0. The van der Waals surface area contributed by atoms with E-state index in [2.05, 4.69) is 22.2 Å². The Morgan fingerprint density at radius 2 is 2.33 bits per heavy atom. The second-order valence-electron chi connectivity index (χ2n) is 4.89. The van der Waals surface area contributed by atoms with Crippen molar-refractivity contribution >= 4 is 16.8 Å². The minimum Gasteiger partial charge on any atom is -0.365 e. The molecule has 0 aromatic carbocycles. The van der Waals surface area contributed by atoms with E-state index in [-0.39, 0.29) is 0 Å². The Morgan fingerprint density at radius 1 is 1.56 bits per heavy atom. The number of H-pyrrole nitrogens is 1. The Balaban J connectivity index is 2.10. The van der Waals surface area contributed by atoms with Crippen LogP contribution in [-0.4, -0.2) is 29.0 Å². The molecule has 18 heavy (non-hydrogen) atoms. The fraction of sp³-hybridized carbons (Fsp3) is 0.385. The lowest BCUT2D eigenvalue weighted by Crippen LogP contribution is -2.44. The number of pyridine rings is 1. The van der Waals surface area contributed by atoms with Crippen molar-refractivity contribution < 1.29 is 4.79 Å². The highest BCUT2D eigenvalue weighted by atomic mass is 16.1. The summed E-state index contributed by atoms with van der Waals surface area (Å²) in [5.41, 5.74) is 7.65. The van der Waals surface area contributed by atoms with Crippen LogP contribution in [0, 0.1) is 5.92 Å². The first-order valence-corrected chi connectivity index (χ1v) is 6.15. The summed E-state index contributed by atoms with van der Waals surface area (Å²) < 4.78 is 0. The van der Waals surface area contributed by atoms with Crippen molar-refractivity contribution in [3.63, 3.8) is 0 Å². The van der Waals surface area contributed by atoms with Crippen molar-refractivity contribution in [1.82, 2.24) is 15.3 Å². The predicted octanol–water partition coefficient (Wildman–Crippen LogP) is 0.985. The number of carbonyl (C=O) groups excluding carboxylic acids is 1. The molecule has 1 aliphatic heterocycles. The summed E-state index contributed by atoms with van der Waals surface area (Å²) in [4.78, 5) is 18.9. The van der Waals surface area contributed by atoms with Crippen LogP contribution in [0.1, 0.15) is 28.9 Å². The van der Waals surface area contributed by atoms with Gasteiger partial charge >= 0.3 is 0 Å². The molecule has 5 nitrogen and oxygen atoms in total. The number of aromatic amines is 1. The Bertz CT molecular complexity index is 600. The van der Waals surface area contributed by atoms with Crippen molar-refractivity contribution in [2.75, 3.05) is 13.1 Å². The Hall–Kier alpha value is -1.88. The quantitative estimate of drug-likeness (QED) is 0.752. The van der Waals surface area contributed by atoms with E-state index in [0.717, 1.165) is 29.7 Å². The number of primary amides is 1. The summed E-state index contributed by atoms with van der Waals surface area (Å²) >= 11 is 0. The molecule has 1 fully saturated rings. The molecule has 1 atom stereocenters. The fourth-order valence-electron chi connectivity index (χ4n) is 2.51. The molecule has 4 N–H and O–H groups in total. The fourth-order valence-corrected chi connectivity index (χ4v) is 2.51. The van der Waals surface area contributed by atoms with Crippen LogP contribution in [0.2, 0.25) is 0 Å². The average molecular weight is 244 g/mol. The van der Waals surface area contributed by atoms with Gasteiger partial charge in [0, 0.05) is 23.7 Å². The van der Waals surface area contributed by atoms with Gasteiger partial charge in [-0.2, -0.15) is 0 Å². The lowest BCUT2D eigenvalue weighted by molar-refractivity contribution is 0.100. The van der Waals surface area contributed by atoms with Crippen LogP contribution < -0.4 is 11.1 Å². The molecule has 0 aliphatic carbocycles. The van der Waals surface area contributed by atoms with Gasteiger partial charge in [-0.15, -0.1) is 0 Å². The lowest BCUT2D eigenvalue weighted by Gasteiger charge is -2.32. The number of hydrogen-bond donors (Lipinski definition) is 3. The van der Waals surface area contributed by atoms with Gasteiger partial charge in [-0.25, -0.2) is 0 Å². The van der Waals surface area contributed by atoms with E-state index in [1.54, 1.807) is 6.20 Å². The van der Waals surface area contributed by atoms with Crippen molar-refractivity contribution in [3.05, 3.63) is 29.7 Å². The van der Waals surface area contributed by atoms with Crippen molar-refractivity contribution in [2.45, 2.75) is 12.8 Å². The van der Waals surface area contributed by atoms with Crippen LogP contribution in [0.25, 0.3) is 10.9 Å². The molecule has 2 aromatic heterocycles. The van der Waals surface area contributed by atoms with Gasteiger partial charge in [0.15, 0.2) is 0 Å². The molecule has 5 heteroatoms. The first-order chi connectivity index (χ1) is 8.68. The molecule has 1 saturated heterocycles. The van der Waals surface area contributed by atoms with Gasteiger partial charge in [0.2, 0.25) is 0 Å². The summed E-state index contributed by atoms with van der Waals surface area (Å²) in [5, 5.41) is 4.28. The van der Waals surface area contributed by atoms with E-state index in [1.165, 1.54) is 0 Å². The number of fused-ring (bicyclic) bond motifs is 1. The molecule has 0 spiro atoms. The third-order valence-electron chi connectivity index (χ3n) is 3.84. The number of nitrogens with two attached hydrogens (primary N) is 1. The number of carbonyl (C=O) groups is 1. The van der Waals surface area contributed by atoms with Gasteiger partial charge in [-0.05, 0) is 25.1 Å². The van der Waals surface area contributed by atoms with Gasteiger partial charge in [0.05, 0.1) is 16.8 Å². The zero-order valence-electron chi connectivity index (χ0n) is 10.2. The SMILES string of the molecule is C[C@H](c1ncc(C(N)=O)c2[nH]ccc12)C1CNC1. The van der Waals surface area contributed by atoms with Crippen molar-refractivity contribution in [1.29, 1.82) is 0 Å². The molecule has 1 aliphatic rings. The number of nitrogens with one attached hydrogen (secondary N) is 2. The molecule has 0 saturated carbocycles. The third-order valence-corrected chi connectivity index (χ3v) is 3.84. The topological polar surface area (TPSA) is 83.8 Å². The molecule has 0 bridgehead atoms. The number of aromatic nitrogens is 2. The standard InChI is InChI=1S/C13H16N4O/c1-7(8-4-15-5-8)11-9-2-3-16-12(9)10(6-17-11)13(14)18/h2-3,6-8,15-16H,4-5H2,1H3,(H2,14,18)/t7-/m0/s1. The van der Waals surface area contributed by atoms with Crippen molar-refractivity contribution in [2.24, 2.45) is 11.7 Å². The van der Waals surface area contributed by atoms with E-state index in [0.29, 0.717) is 17.4 Å². The molecule has 0 radical (unpaired) electrons. The summed E-state index contributed by atoms with van der Waals surface area (Å²) in [5.74, 6) is 0.556. The third kappa shape index (κ3) is 1.59. The maximum atomic E-state index is 11.3. The normalized spacial score (nSPS) is 17.6. The largest absolute Gasteiger partial charge is 0.365 e. The molecule has 2 aromatic rings. The van der Waals surface area contributed by atoms with Gasteiger partial charge in [-0.1, -0.05) is 6.92 Å². The molecule has 94 valence electrons. The molecular weight excluding hydrogens is 228 g/mol. The minimum absolute atomic E-state index is 0.381. The molecule has 3 heterocycles. The van der Waals surface area contributed by atoms with Gasteiger partial charge in [-0.3, -0.25) is 9.78 Å². The van der Waals surface area contributed by atoms with Crippen LogP contribution in [0.3, 0.4) is 0 Å². The number of amides is 1. The van der Waals surface area contributed by atoms with E-state index < -0.39 is 5.91 Å². The zero-order valence-corrected chi connectivity index (χ0v) is 10.2. The molecule has 1 amide bonds. The Kier molecular flexibility index (Phi) is 2.56.